The number of aromatic nitrogens is 3. The van der Waals surface area contributed by atoms with Crippen LogP contribution in [0.4, 0.5) is 29.3 Å². The van der Waals surface area contributed by atoms with E-state index >= 15 is 0 Å². The summed E-state index contributed by atoms with van der Waals surface area (Å²) >= 11 is 5.66. The topological polar surface area (TPSA) is 107 Å². The summed E-state index contributed by atoms with van der Waals surface area (Å²) in [6, 6.07) is 12.3. The zero-order valence-corrected chi connectivity index (χ0v) is 21.6. The summed E-state index contributed by atoms with van der Waals surface area (Å²) < 4.78 is 56.4. The third-order valence-corrected chi connectivity index (χ3v) is 6.15. The number of methoxy groups -OCH3 is 2. The van der Waals surface area contributed by atoms with Gasteiger partial charge in [-0.3, -0.25) is 4.98 Å². The Hall–Kier alpha value is -4.84. The number of nitrogens with zero attached hydrogens (tertiary/aromatic N) is 3. The van der Waals surface area contributed by atoms with Gasteiger partial charge in [0.25, 0.3) is 0 Å². The minimum atomic E-state index is -4.67. The number of ether oxygens (including phenoxy) is 3. The molecule has 0 bridgehead atoms. The first-order chi connectivity index (χ1) is 19.2. The molecule has 13 heteroatoms. The molecule has 0 aliphatic carbocycles. The molecule has 0 atom stereocenters. The minimum Gasteiger partial charge on any atom is -0.493 e. The second-order valence-electron chi connectivity index (χ2n) is 8.29. The standard InChI is InChI=1S/C27H19ClF3N5O4/c1-38-22-11-16-20(12-23(22)39-2)33-13-34-25(16)40-21-8-7-19(15-4-3-9-32-24(15)21)36-26(37)35-14-5-6-18(28)17(10-14)27(29,30)31/h3-13H,1-2H3,(H2,35,36,37). The van der Waals surface area contributed by atoms with E-state index in [0.717, 1.165) is 12.1 Å². The maximum atomic E-state index is 13.2. The van der Waals surface area contributed by atoms with E-state index in [9.17, 15) is 18.0 Å². The molecule has 0 aliphatic rings. The van der Waals surface area contributed by atoms with Crippen LogP contribution in [0.25, 0.3) is 21.8 Å². The second-order valence-corrected chi connectivity index (χ2v) is 8.69. The van der Waals surface area contributed by atoms with Gasteiger partial charge in [0.2, 0.25) is 5.88 Å². The minimum absolute atomic E-state index is 0.0840. The third kappa shape index (κ3) is 5.34. The van der Waals surface area contributed by atoms with Gasteiger partial charge in [-0.2, -0.15) is 13.2 Å². The molecule has 0 unspecified atom stereocenters. The monoisotopic (exact) mass is 569 g/mol. The lowest BCUT2D eigenvalue weighted by atomic mass is 10.1. The van der Waals surface area contributed by atoms with E-state index in [4.69, 9.17) is 25.8 Å². The summed E-state index contributed by atoms with van der Waals surface area (Å²) in [5.41, 5.74) is 0.164. The van der Waals surface area contributed by atoms with Gasteiger partial charge in [0, 0.05) is 23.3 Å². The average Bonchev–Trinajstić information content (AvgIpc) is 2.94. The first-order valence-corrected chi connectivity index (χ1v) is 11.9. The smallest absolute Gasteiger partial charge is 0.417 e. The fraction of sp³-hybridized carbons (Fsp3) is 0.111. The van der Waals surface area contributed by atoms with Crippen molar-refractivity contribution in [3.63, 3.8) is 0 Å². The molecule has 2 N–H and O–H groups in total. The summed E-state index contributed by atoms with van der Waals surface area (Å²) in [6.45, 7) is 0. The van der Waals surface area contributed by atoms with E-state index in [1.807, 2.05) is 0 Å². The molecule has 9 nitrogen and oxygen atoms in total. The molecule has 2 amide bonds. The fourth-order valence-corrected chi connectivity index (χ4v) is 4.21. The van der Waals surface area contributed by atoms with Crippen molar-refractivity contribution in [2.75, 3.05) is 24.9 Å². The fourth-order valence-electron chi connectivity index (χ4n) is 3.99. The molecule has 2 heterocycles. The first kappa shape index (κ1) is 26.8. The number of nitrogens with one attached hydrogen (secondary N) is 2. The number of halogens is 4. The number of hydrogen-bond acceptors (Lipinski definition) is 7. The van der Waals surface area contributed by atoms with Gasteiger partial charge in [-0.1, -0.05) is 11.6 Å². The van der Waals surface area contributed by atoms with Crippen LogP contribution in [0.15, 0.2) is 67.1 Å². The van der Waals surface area contributed by atoms with Crippen LogP contribution in [-0.4, -0.2) is 35.2 Å². The van der Waals surface area contributed by atoms with E-state index < -0.39 is 22.8 Å². The Morgan fingerprint density at radius 3 is 2.40 bits per heavy atom. The number of alkyl halides is 3. The number of pyridine rings is 1. The Bertz CT molecular complexity index is 1750. The van der Waals surface area contributed by atoms with Crippen molar-refractivity contribution >= 4 is 50.8 Å². The van der Waals surface area contributed by atoms with Gasteiger partial charge >= 0.3 is 12.2 Å². The highest BCUT2D eigenvalue weighted by atomic mass is 35.5. The first-order valence-electron chi connectivity index (χ1n) is 11.5. The normalized spacial score (nSPS) is 11.3. The lowest BCUT2D eigenvalue weighted by molar-refractivity contribution is -0.137. The molecule has 204 valence electrons. The maximum Gasteiger partial charge on any atom is 0.417 e. The van der Waals surface area contributed by atoms with E-state index in [0.29, 0.717) is 44.7 Å². The van der Waals surface area contributed by atoms with Crippen molar-refractivity contribution in [2.24, 2.45) is 0 Å². The predicted molar refractivity (Wildman–Crippen MR) is 144 cm³/mol. The van der Waals surface area contributed by atoms with Crippen LogP contribution in [-0.2, 0) is 6.18 Å². The van der Waals surface area contributed by atoms with Crippen LogP contribution < -0.4 is 24.8 Å². The van der Waals surface area contributed by atoms with Crippen molar-refractivity contribution < 1.29 is 32.2 Å². The Balaban J connectivity index is 1.44. The van der Waals surface area contributed by atoms with Crippen LogP contribution in [0.2, 0.25) is 5.02 Å². The van der Waals surface area contributed by atoms with Gasteiger partial charge in [-0.25, -0.2) is 14.8 Å². The molecule has 3 aromatic carbocycles. The highest BCUT2D eigenvalue weighted by Crippen LogP contribution is 2.39. The lowest BCUT2D eigenvalue weighted by Crippen LogP contribution is -2.20. The third-order valence-electron chi connectivity index (χ3n) is 5.82. The van der Waals surface area contributed by atoms with E-state index in [-0.39, 0.29) is 11.6 Å². The Kier molecular flexibility index (Phi) is 7.18. The number of benzene rings is 3. The number of hydrogen-bond donors (Lipinski definition) is 2. The summed E-state index contributed by atoms with van der Waals surface area (Å²) in [5.74, 6) is 1.53. The van der Waals surface area contributed by atoms with Crippen molar-refractivity contribution in [3.8, 4) is 23.1 Å². The van der Waals surface area contributed by atoms with Crippen LogP contribution in [0.3, 0.4) is 0 Å². The van der Waals surface area contributed by atoms with Gasteiger partial charge in [-0.05, 0) is 48.5 Å². The molecular weight excluding hydrogens is 551 g/mol. The van der Waals surface area contributed by atoms with E-state index in [1.54, 1.807) is 42.6 Å². The molecular formula is C27H19ClF3N5O4. The molecule has 0 radical (unpaired) electrons. The van der Waals surface area contributed by atoms with Crippen molar-refractivity contribution in [2.45, 2.75) is 6.18 Å². The summed E-state index contributed by atoms with van der Waals surface area (Å²) in [4.78, 5) is 25.6. The van der Waals surface area contributed by atoms with Gasteiger partial charge in [0.1, 0.15) is 11.8 Å². The van der Waals surface area contributed by atoms with Crippen LogP contribution >= 0.6 is 11.6 Å². The molecule has 0 saturated heterocycles. The maximum absolute atomic E-state index is 13.2. The largest absolute Gasteiger partial charge is 0.493 e. The molecule has 0 spiro atoms. The highest BCUT2D eigenvalue weighted by Gasteiger charge is 2.33. The predicted octanol–water partition coefficient (Wildman–Crippen LogP) is 7.30. The zero-order valence-electron chi connectivity index (χ0n) is 20.8. The molecule has 0 aliphatic heterocycles. The molecule has 5 rings (SSSR count). The zero-order chi connectivity index (χ0) is 28.4. The number of anilines is 2. The number of rotatable bonds is 6. The SMILES string of the molecule is COc1cc2ncnc(Oc3ccc(NC(=O)Nc4ccc(Cl)c(C(F)(F)F)c4)c4cccnc34)c2cc1OC. The van der Waals surface area contributed by atoms with Gasteiger partial charge in [0.15, 0.2) is 17.2 Å². The Morgan fingerprint density at radius 1 is 0.875 bits per heavy atom. The van der Waals surface area contributed by atoms with E-state index in [1.165, 1.54) is 26.6 Å². The highest BCUT2D eigenvalue weighted by molar-refractivity contribution is 6.31. The number of urea groups is 1. The van der Waals surface area contributed by atoms with Crippen molar-refractivity contribution in [1.29, 1.82) is 0 Å². The van der Waals surface area contributed by atoms with Crippen molar-refractivity contribution in [1.82, 2.24) is 15.0 Å². The van der Waals surface area contributed by atoms with Gasteiger partial charge < -0.3 is 24.8 Å². The molecule has 5 aromatic rings. The summed E-state index contributed by atoms with van der Waals surface area (Å²) in [5, 5.41) is 5.63. The van der Waals surface area contributed by atoms with E-state index in [2.05, 4.69) is 25.6 Å². The number of carbonyl (C=O) groups excluding carboxylic acids is 1. The van der Waals surface area contributed by atoms with Gasteiger partial charge in [-0.15, -0.1) is 0 Å². The van der Waals surface area contributed by atoms with Gasteiger partial charge in [0.05, 0.1) is 41.4 Å². The lowest BCUT2D eigenvalue weighted by Gasteiger charge is -2.15. The molecule has 0 fully saturated rings. The molecule has 0 saturated carbocycles. The van der Waals surface area contributed by atoms with Crippen LogP contribution in [0.1, 0.15) is 5.56 Å². The Labute approximate surface area is 229 Å². The van der Waals surface area contributed by atoms with Crippen LogP contribution in [0.5, 0.6) is 23.1 Å². The van der Waals surface area contributed by atoms with Crippen LogP contribution in [0, 0.1) is 0 Å². The number of fused-ring (bicyclic) bond motifs is 2. The summed E-state index contributed by atoms with van der Waals surface area (Å²) in [6.07, 6.45) is -1.77. The van der Waals surface area contributed by atoms with Crippen molar-refractivity contribution in [3.05, 3.63) is 77.7 Å². The molecule has 2 aromatic heterocycles. The number of amides is 2. The molecule has 40 heavy (non-hydrogen) atoms. The number of carbonyl (C=O) groups is 1. The quantitative estimate of drug-likeness (QED) is 0.221. The average molecular weight is 570 g/mol. The summed E-state index contributed by atoms with van der Waals surface area (Å²) in [7, 11) is 3.03. The second kappa shape index (κ2) is 10.7. The Morgan fingerprint density at radius 2 is 1.65 bits per heavy atom.